The Morgan fingerprint density at radius 1 is 1.17 bits per heavy atom. The smallest absolute Gasteiger partial charge is 0.273 e. The van der Waals surface area contributed by atoms with Crippen molar-refractivity contribution in [1.82, 2.24) is 15.1 Å². The van der Waals surface area contributed by atoms with Crippen LogP contribution in [0.1, 0.15) is 45.2 Å². The van der Waals surface area contributed by atoms with Gasteiger partial charge < -0.3 is 15.1 Å². The summed E-state index contributed by atoms with van der Waals surface area (Å²) in [7, 11) is 0. The van der Waals surface area contributed by atoms with E-state index in [2.05, 4.69) is 10.2 Å². The number of aromatic hydroxyl groups is 1. The first-order valence-electron chi connectivity index (χ1n) is 9.48. The van der Waals surface area contributed by atoms with Gasteiger partial charge in [0.25, 0.3) is 5.91 Å². The molecule has 0 radical (unpaired) electrons. The van der Waals surface area contributed by atoms with E-state index in [-0.39, 0.29) is 24.3 Å². The number of hydrogen-bond acceptors (Lipinski definition) is 4. The lowest BCUT2D eigenvalue weighted by molar-refractivity contribution is 0.0732. The Morgan fingerprint density at radius 3 is 2.55 bits per heavy atom. The summed E-state index contributed by atoms with van der Waals surface area (Å²) in [5.74, 6) is -0.0472. The van der Waals surface area contributed by atoms with Gasteiger partial charge in [0.2, 0.25) is 0 Å². The van der Waals surface area contributed by atoms with Crippen LogP contribution in [0.4, 0.5) is 0 Å². The molecular weight excluding hydrogens is 390 g/mol. The Kier molecular flexibility index (Phi) is 5.06. The third kappa shape index (κ3) is 3.28. The van der Waals surface area contributed by atoms with E-state index in [1.807, 2.05) is 32.0 Å². The minimum absolute atomic E-state index is 0.00585. The molecule has 1 aliphatic heterocycles. The van der Waals surface area contributed by atoms with E-state index in [4.69, 9.17) is 11.6 Å². The number of aliphatic hydroxyl groups excluding tert-OH is 1. The lowest BCUT2D eigenvalue weighted by atomic mass is 9.94. The predicted molar refractivity (Wildman–Crippen MR) is 111 cm³/mol. The normalized spacial score (nSPS) is 15.8. The minimum Gasteiger partial charge on any atom is -0.507 e. The number of H-pyrrole nitrogens is 1. The third-order valence-electron chi connectivity index (χ3n) is 5.47. The number of phenolic OH excluding ortho intramolecular Hbond substituents is 1. The first-order chi connectivity index (χ1) is 13.9. The van der Waals surface area contributed by atoms with Crippen LogP contribution in [0.5, 0.6) is 5.75 Å². The van der Waals surface area contributed by atoms with Gasteiger partial charge in [0, 0.05) is 29.3 Å². The van der Waals surface area contributed by atoms with Crippen molar-refractivity contribution in [2.45, 2.75) is 26.3 Å². The van der Waals surface area contributed by atoms with Crippen LogP contribution in [0.15, 0.2) is 36.4 Å². The zero-order valence-electron chi connectivity index (χ0n) is 16.2. The highest BCUT2D eigenvalue weighted by molar-refractivity contribution is 6.30. The van der Waals surface area contributed by atoms with Gasteiger partial charge in [-0.15, -0.1) is 0 Å². The van der Waals surface area contributed by atoms with E-state index in [1.54, 1.807) is 23.1 Å². The number of aliphatic hydroxyl groups is 1. The number of rotatable bonds is 5. The molecule has 4 rings (SSSR count). The van der Waals surface area contributed by atoms with Gasteiger partial charge in [-0.25, -0.2) is 0 Å². The second kappa shape index (κ2) is 7.54. The lowest BCUT2D eigenvalue weighted by Gasteiger charge is -2.26. The monoisotopic (exact) mass is 411 g/mol. The number of aromatic amines is 1. The molecule has 150 valence electrons. The molecule has 2 heterocycles. The molecular formula is C22H22ClN3O3. The Bertz CT molecular complexity index is 1080. The van der Waals surface area contributed by atoms with Gasteiger partial charge in [0.1, 0.15) is 17.1 Å². The standard InChI is InChI=1S/C22H22ClN3O3/c1-12-10-16(17(28)11-13(12)2)19-18-20(25-24-19)22(29)26(8-3-9-27)21(18)14-4-6-15(23)7-5-14/h4-7,10-11,21,27-28H,3,8-9H2,1-2H3,(H,24,25). The van der Waals surface area contributed by atoms with Gasteiger partial charge in [-0.3, -0.25) is 9.89 Å². The molecule has 1 atom stereocenters. The van der Waals surface area contributed by atoms with Gasteiger partial charge in [0.05, 0.1) is 6.04 Å². The molecule has 0 aliphatic carbocycles. The van der Waals surface area contributed by atoms with Gasteiger partial charge in [-0.1, -0.05) is 23.7 Å². The van der Waals surface area contributed by atoms with Crippen molar-refractivity contribution in [2.24, 2.45) is 0 Å². The van der Waals surface area contributed by atoms with Gasteiger partial charge in [-0.05, 0) is 61.2 Å². The van der Waals surface area contributed by atoms with Crippen LogP contribution in [-0.2, 0) is 0 Å². The number of carbonyl (C=O) groups excluding carboxylic acids is 1. The van der Waals surface area contributed by atoms with Crippen LogP contribution in [0.2, 0.25) is 5.02 Å². The molecule has 1 unspecified atom stereocenters. The molecule has 1 aliphatic rings. The van der Waals surface area contributed by atoms with Crippen LogP contribution in [-0.4, -0.2) is 44.4 Å². The molecule has 0 bridgehead atoms. The number of nitrogens with zero attached hydrogens (tertiary/aromatic N) is 2. The number of hydrogen-bond donors (Lipinski definition) is 3. The van der Waals surface area contributed by atoms with Crippen molar-refractivity contribution in [2.75, 3.05) is 13.2 Å². The minimum atomic E-state index is -0.379. The molecule has 0 saturated heterocycles. The number of phenols is 1. The molecule has 2 aromatic carbocycles. The lowest BCUT2D eigenvalue weighted by Crippen LogP contribution is -2.31. The predicted octanol–water partition coefficient (Wildman–Crippen LogP) is 3.98. The molecule has 29 heavy (non-hydrogen) atoms. The number of fused-ring (bicyclic) bond motifs is 1. The maximum atomic E-state index is 13.1. The number of carbonyl (C=O) groups is 1. The summed E-state index contributed by atoms with van der Waals surface area (Å²) < 4.78 is 0. The summed E-state index contributed by atoms with van der Waals surface area (Å²) in [6, 6.07) is 10.6. The summed E-state index contributed by atoms with van der Waals surface area (Å²) in [6.07, 6.45) is 0.470. The molecule has 3 N–H and O–H groups in total. The Hall–Kier alpha value is -2.83. The summed E-state index contributed by atoms with van der Waals surface area (Å²) >= 11 is 6.06. The SMILES string of the molecule is Cc1cc(O)c(-c2n[nH]c3c2C(c2ccc(Cl)cc2)N(CCCO)C3=O)cc1C. The number of benzene rings is 2. The number of halogens is 1. The number of aryl methyl sites for hydroxylation is 2. The van der Waals surface area contributed by atoms with Gasteiger partial charge in [0.15, 0.2) is 0 Å². The highest BCUT2D eigenvalue weighted by atomic mass is 35.5. The van der Waals surface area contributed by atoms with Crippen molar-refractivity contribution in [3.05, 3.63) is 69.4 Å². The average molecular weight is 412 g/mol. The van der Waals surface area contributed by atoms with E-state index in [9.17, 15) is 15.0 Å². The molecule has 7 heteroatoms. The highest BCUT2D eigenvalue weighted by Crippen LogP contribution is 2.45. The molecule has 0 fully saturated rings. The molecule has 1 amide bonds. The summed E-state index contributed by atoms with van der Waals surface area (Å²) in [6.45, 7) is 4.31. The highest BCUT2D eigenvalue weighted by Gasteiger charge is 2.42. The maximum absolute atomic E-state index is 13.1. The first kappa shape index (κ1) is 19.5. The van der Waals surface area contributed by atoms with E-state index >= 15 is 0 Å². The van der Waals surface area contributed by atoms with Gasteiger partial charge >= 0.3 is 0 Å². The van der Waals surface area contributed by atoms with Gasteiger partial charge in [-0.2, -0.15) is 5.10 Å². The fourth-order valence-electron chi connectivity index (χ4n) is 3.86. The molecule has 1 aromatic heterocycles. The first-order valence-corrected chi connectivity index (χ1v) is 9.86. The van der Waals surface area contributed by atoms with Crippen molar-refractivity contribution >= 4 is 17.5 Å². The number of nitrogens with one attached hydrogen (secondary N) is 1. The molecule has 3 aromatic rings. The number of aromatic nitrogens is 2. The van der Waals surface area contributed by atoms with Crippen molar-refractivity contribution < 1.29 is 15.0 Å². The maximum Gasteiger partial charge on any atom is 0.273 e. The van der Waals surface area contributed by atoms with Crippen LogP contribution in [0.25, 0.3) is 11.3 Å². The topological polar surface area (TPSA) is 89.5 Å². The Morgan fingerprint density at radius 2 is 1.86 bits per heavy atom. The van der Waals surface area contributed by atoms with Crippen LogP contribution in [0.3, 0.4) is 0 Å². The largest absolute Gasteiger partial charge is 0.507 e. The van der Waals surface area contributed by atoms with E-state index in [1.165, 1.54) is 0 Å². The second-order valence-electron chi connectivity index (χ2n) is 7.34. The van der Waals surface area contributed by atoms with E-state index < -0.39 is 0 Å². The second-order valence-corrected chi connectivity index (χ2v) is 7.78. The quantitative estimate of drug-likeness (QED) is 0.592. The van der Waals surface area contributed by atoms with E-state index in [0.29, 0.717) is 34.9 Å². The fraction of sp³-hybridized carbons (Fsp3) is 0.273. The zero-order valence-corrected chi connectivity index (χ0v) is 17.0. The molecule has 6 nitrogen and oxygen atoms in total. The fourth-order valence-corrected chi connectivity index (χ4v) is 3.98. The zero-order chi connectivity index (χ0) is 20.7. The Balaban J connectivity index is 1.89. The van der Waals surface area contributed by atoms with Crippen molar-refractivity contribution in [3.8, 4) is 17.0 Å². The molecule has 0 spiro atoms. The van der Waals surface area contributed by atoms with Crippen molar-refractivity contribution in [1.29, 1.82) is 0 Å². The third-order valence-corrected chi connectivity index (χ3v) is 5.73. The summed E-state index contributed by atoms with van der Waals surface area (Å²) in [5, 5.41) is 27.7. The van der Waals surface area contributed by atoms with Crippen LogP contribution >= 0.6 is 11.6 Å². The van der Waals surface area contributed by atoms with Crippen LogP contribution in [0, 0.1) is 13.8 Å². The average Bonchev–Trinajstić information content (AvgIpc) is 3.23. The van der Waals surface area contributed by atoms with E-state index in [0.717, 1.165) is 22.3 Å². The molecule has 0 saturated carbocycles. The summed E-state index contributed by atoms with van der Waals surface area (Å²) in [5.41, 5.74) is 5.18. The summed E-state index contributed by atoms with van der Waals surface area (Å²) in [4.78, 5) is 14.8. The van der Waals surface area contributed by atoms with Crippen molar-refractivity contribution in [3.63, 3.8) is 0 Å². The number of amides is 1. The van der Waals surface area contributed by atoms with Crippen LogP contribution < -0.4 is 0 Å². The Labute approximate surface area is 173 Å².